The SMILES string of the molecule is Cc1ccccc1C12OC1C(=O)c1ccccc1C2=O. The maximum atomic E-state index is 12.8. The molecule has 0 bridgehead atoms. The predicted molar refractivity (Wildman–Crippen MR) is 72.8 cm³/mol. The van der Waals surface area contributed by atoms with E-state index in [1.54, 1.807) is 24.3 Å². The topological polar surface area (TPSA) is 46.7 Å². The van der Waals surface area contributed by atoms with Gasteiger partial charge in [0.15, 0.2) is 17.5 Å². The van der Waals surface area contributed by atoms with Gasteiger partial charge in [0, 0.05) is 11.1 Å². The second-order valence-electron chi connectivity index (χ2n) is 5.29. The molecule has 0 N–H and O–H groups in total. The number of hydrogen-bond donors (Lipinski definition) is 0. The minimum absolute atomic E-state index is 0.0940. The molecule has 4 rings (SSSR count). The first-order valence-corrected chi connectivity index (χ1v) is 6.58. The van der Waals surface area contributed by atoms with Crippen molar-refractivity contribution in [2.24, 2.45) is 0 Å². The van der Waals surface area contributed by atoms with Crippen LogP contribution >= 0.6 is 0 Å². The van der Waals surface area contributed by atoms with E-state index in [1.165, 1.54) is 0 Å². The Morgan fingerprint density at radius 2 is 1.60 bits per heavy atom. The summed E-state index contributed by atoms with van der Waals surface area (Å²) in [6, 6.07) is 14.5. The lowest BCUT2D eigenvalue weighted by molar-refractivity contribution is 0.0858. The third-order valence-electron chi connectivity index (χ3n) is 4.17. The van der Waals surface area contributed by atoms with Gasteiger partial charge < -0.3 is 4.74 Å². The molecule has 1 aliphatic carbocycles. The fourth-order valence-corrected chi connectivity index (χ4v) is 3.12. The summed E-state index contributed by atoms with van der Waals surface area (Å²) in [5.74, 6) is -0.199. The molecule has 2 aromatic carbocycles. The molecule has 0 spiro atoms. The highest BCUT2D eigenvalue weighted by atomic mass is 16.6. The van der Waals surface area contributed by atoms with Gasteiger partial charge in [0.25, 0.3) is 0 Å². The van der Waals surface area contributed by atoms with Crippen molar-refractivity contribution in [2.45, 2.75) is 18.6 Å². The Morgan fingerprint density at radius 3 is 2.35 bits per heavy atom. The molecule has 0 radical (unpaired) electrons. The predicted octanol–water partition coefficient (Wildman–Crippen LogP) is 2.67. The van der Waals surface area contributed by atoms with Crippen molar-refractivity contribution in [1.82, 2.24) is 0 Å². The summed E-state index contributed by atoms with van der Waals surface area (Å²) < 4.78 is 5.64. The van der Waals surface area contributed by atoms with E-state index in [4.69, 9.17) is 4.74 Å². The summed E-state index contributed by atoms with van der Waals surface area (Å²) in [5, 5.41) is 0. The van der Waals surface area contributed by atoms with Gasteiger partial charge in [-0.05, 0) is 18.1 Å². The molecule has 0 saturated carbocycles. The van der Waals surface area contributed by atoms with Gasteiger partial charge in [-0.1, -0.05) is 48.5 Å². The normalized spacial score (nSPS) is 26.9. The minimum atomic E-state index is -1.09. The molecule has 20 heavy (non-hydrogen) atoms. The lowest BCUT2D eigenvalue weighted by Gasteiger charge is -2.20. The first-order chi connectivity index (χ1) is 9.66. The summed E-state index contributed by atoms with van der Waals surface area (Å²) >= 11 is 0. The fraction of sp³-hybridized carbons (Fsp3) is 0.176. The third kappa shape index (κ3) is 1.23. The van der Waals surface area contributed by atoms with Crippen LogP contribution in [0.2, 0.25) is 0 Å². The van der Waals surface area contributed by atoms with Gasteiger partial charge >= 0.3 is 0 Å². The van der Waals surface area contributed by atoms with Gasteiger partial charge in [0.1, 0.15) is 0 Å². The average Bonchev–Trinajstić information content (AvgIpc) is 3.22. The monoisotopic (exact) mass is 264 g/mol. The number of fused-ring (bicyclic) bond motifs is 2. The highest BCUT2D eigenvalue weighted by molar-refractivity contribution is 6.23. The van der Waals surface area contributed by atoms with E-state index in [1.807, 2.05) is 31.2 Å². The van der Waals surface area contributed by atoms with E-state index >= 15 is 0 Å². The number of hydrogen-bond acceptors (Lipinski definition) is 3. The Morgan fingerprint density at radius 1 is 0.950 bits per heavy atom. The van der Waals surface area contributed by atoms with Gasteiger partial charge in [-0.15, -0.1) is 0 Å². The minimum Gasteiger partial charge on any atom is -0.343 e. The van der Waals surface area contributed by atoms with Crippen LogP contribution in [0.1, 0.15) is 31.8 Å². The molecule has 0 aromatic heterocycles. The Hall–Kier alpha value is -2.26. The smallest absolute Gasteiger partial charge is 0.203 e. The number of rotatable bonds is 1. The molecule has 2 aliphatic rings. The molecule has 2 unspecified atom stereocenters. The molecule has 0 amide bonds. The second-order valence-corrected chi connectivity index (χ2v) is 5.29. The van der Waals surface area contributed by atoms with Gasteiger partial charge in [0.2, 0.25) is 5.78 Å². The van der Waals surface area contributed by atoms with E-state index in [0.29, 0.717) is 11.1 Å². The highest BCUT2D eigenvalue weighted by Gasteiger charge is 2.70. The second kappa shape index (κ2) is 3.64. The van der Waals surface area contributed by atoms with Crippen molar-refractivity contribution >= 4 is 11.6 Å². The van der Waals surface area contributed by atoms with Crippen LogP contribution in [0.4, 0.5) is 0 Å². The Labute approximate surface area is 116 Å². The van der Waals surface area contributed by atoms with E-state index in [-0.39, 0.29) is 11.6 Å². The molecule has 1 heterocycles. The third-order valence-corrected chi connectivity index (χ3v) is 4.17. The van der Waals surface area contributed by atoms with Crippen LogP contribution in [0.5, 0.6) is 0 Å². The standard InChI is InChI=1S/C17H12O3/c1-10-6-2-5-9-13(10)17-15(19)12-8-4-3-7-11(12)14(18)16(17)20-17/h2-9,16H,1H3. The van der Waals surface area contributed by atoms with E-state index in [9.17, 15) is 9.59 Å². The van der Waals surface area contributed by atoms with Crippen LogP contribution in [0.25, 0.3) is 0 Å². The molecule has 2 aromatic rings. The maximum Gasteiger partial charge on any atom is 0.203 e. The Balaban J connectivity index is 1.95. The number of carbonyl (C=O) groups is 2. The van der Waals surface area contributed by atoms with Crippen molar-refractivity contribution in [3.63, 3.8) is 0 Å². The zero-order valence-corrected chi connectivity index (χ0v) is 10.9. The number of benzene rings is 2. The van der Waals surface area contributed by atoms with Crippen molar-refractivity contribution in [2.75, 3.05) is 0 Å². The number of epoxide rings is 1. The average molecular weight is 264 g/mol. The molecule has 3 heteroatoms. The molecular weight excluding hydrogens is 252 g/mol. The zero-order chi connectivity index (χ0) is 13.9. The number of ether oxygens (including phenoxy) is 1. The fourth-order valence-electron chi connectivity index (χ4n) is 3.12. The van der Waals surface area contributed by atoms with Crippen LogP contribution in [-0.2, 0) is 10.3 Å². The van der Waals surface area contributed by atoms with Crippen LogP contribution in [0.3, 0.4) is 0 Å². The van der Waals surface area contributed by atoms with Gasteiger partial charge in [-0.3, -0.25) is 9.59 Å². The summed E-state index contributed by atoms with van der Waals surface area (Å²) in [6.45, 7) is 1.93. The molecule has 98 valence electrons. The summed E-state index contributed by atoms with van der Waals surface area (Å²) in [4.78, 5) is 25.2. The molecule has 3 nitrogen and oxygen atoms in total. The highest BCUT2D eigenvalue weighted by Crippen LogP contribution is 2.54. The van der Waals surface area contributed by atoms with Gasteiger partial charge in [-0.25, -0.2) is 0 Å². The molecule has 1 aliphatic heterocycles. The Kier molecular flexibility index (Phi) is 2.11. The Bertz CT molecular complexity index is 762. The number of aryl methyl sites for hydroxylation is 1. The molecule has 1 fully saturated rings. The number of ketones is 2. The lowest BCUT2D eigenvalue weighted by Crippen LogP contribution is -2.35. The number of carbonyl (C=O) groups excluding carboxylic acids is 2. The molecule has 1 saturated heterocycles. The van der Waals surface area contributed by atoms with E-state index in [0.717, 1.165) is 11.1 Å². The van der Waals surface area contributed by atoms with Crippen molar-refractivity contribution in [3.8, 4) is 0 Å². The summed E-state index contributed by atoms with van der Waals surface area (Å²) in [7, 11) is 0. The number of Topliss-reactive ketones (excluding diaryl/α,β-unsaturated/α-hetero) is 2. The molecule has 2 atom stereocenters. The van der Waals surface area contributed by atoms with Crippen LogP contribution in [0.15, 0.2) is 48.5 Å². The largest absolute Gasteiger partial charge is 0.343 e. The van der Waals surface area contributed by atoms with Crippen molar-refractivity contribution in [1.29, 1.82) is 0 Å². The molecular formula is C17H12O3. The lowest BCUT2D eigenvalue weighted by atomic mass is 9.77. The van der Waals surface area contributed by atoms with Gasteiger partial charge in [0.05, 0.1) is 0 Å². The zero-order valence-electron chi connectivity index (χ0n) is 10.9. The first kappa shape index (κ1) is 11.6. The quantitative estimate of drug-likeness (QED) is 0.744. The van der Waals surface area contributed by atoms with Crippen LogP contribution in [0, 0.1) is 6.92 Å². The summed E-state index contributed by atoms with van der Waals surface area (Å²) in [6.07, 6.45) is -0.661. The van der Waals surface area contributed by atoms with Crippen molar-refractivity contribution in [3.05, 3.63) is 70.8 Å². The van der Waals surface area contributed by atoms with E-state index in [2.05, 4.69) is 0 Å². The van der Waals surface area contributed by atoms with Crippen LogP contribution in [-0.4, -0.2) is 17.7 Å². The van der Waals surface area contributed by atoms with Gasteiger partial charge in [-0.2, -0.15) is 0 Å². The van der Waals surface area contributed by atoms with E-state index < -0.39 is 11.7 Å². The first-order valence-electron chi connectivity index (χ1n) is 6.58. The van der Waals surface area contributed by atoms with Crippen molar-refractivity contribution < 1.29 is 14.3 Å². The van der Waals surface area contributed by atoms with Crippen LogP contribution < -0.4 is 0 Å². The maximum absolute atomic E-state index is 12.8. The summed E-state index contributed by atoms with van der Waals surface area (Å²) in [5.41, 5.74) is 1.63.